The van der Waals surface area contributed by atoms with E-state index >= 15 is 26.3 Å². The summed E-state index contributed by atoms with van der Waals surface area (Å²) in [4.78, 5) is 18.2. The predicted molar refractivity (Wildman–Crippen MR) is 224 cm³/mol. The molecule has 1 aliphatic rings. The minimum absolute atomic E-state index is 0.189. The maximum atomic E-state index is 16.3. The van der Waals surface area contributed by atoms with E-state index in [1.807, 2.05) is 60.7 Å². The number of rotatable bonds is 8. The summed E-state index contributed by atoms with van der Waals surface area (Å²) < 4.78 is 96.6. The van der Waals surface area contributed by atoms with Crippen molar-refractivity contribution in [2.45, 2.75) is 31.6 Å². The molecule has 0 N–H and O–H groups in total. The number of benzene rings is 2. The van der Waals surface area contributed by atoms with Crippen molar-refractivity contribution in [3.63, 3.8) is 0 Å². The Kier molecular flexibility index (Phi) is 9.44. The Bertz CT molecular complexity index is 2570. The Hall–Kier alpha value is -6.24. The summed E-state index contributed by atoms with van der Waals surface area (Å²) >= 11 is 2.14. The number of pyridine rings is 4. The molecule has 0 saturated carbocycles. The SMILES string of the molecule is Cc1sc(-c2cc(-c3cccnc3)cc(-c3cccnc3)c2)cc1C1=C(c2cc(-c3cc(-c4cccnc4)cc(-c4cccnc4)c3)sc2C)C(F)(F)C(F)(F)C1(F)F. The first-order chi connectivity index (χ1) is 28.3. The molecule has 0 radical (unpaired) electrons. The number of aryl methyl sites for hydroxylation is 2. The molecule has 0 fully saturated rings. The first-order valence-corrected chi connectivity index (χ1v) is 20.0. The van der Waals surface area contributed by atoms with E-state index in [2.05, 4.69) is 19.9 Å². The molecule has 0 spiro atoms. The Morgan fingerprint density at radius 1 is 0.390 bits per heavy atom. The van der Waals surface area contributed by atoms with E-state index in [0.717, 1.165) is 67.2 Å². The minimum Gasteiger partial charge on any atom is -0.264 e. The highest BCUT2D eigenvalue weighted by Gasteiger charge is 2.80. The summed E-state index contributed by atoms with van der Waals surface area (Å²) in [5.74, 6) is -16.1. The third-order valence-corrected chi connectivity index (χ3v) is 12.7. The number of halogens is 6. The van der Waals surface area contributed by atoms with Gasteiger partial charge in [-0.3, -0.25) is 19.9 Å². The maximum Gasteiger partial charge on any atom is 0.380 e. The first kappa shape index (κ1) is 38.3. The Morgan fingerprint density at radius 2 is 0.678 bits per heavy atom. The Morgan fingerprint density at radius 3 is 0.949 bits per heavy atom. The van der Waals surface area contributed by atoms with Gasteiger partial charge in [0.1, 0.15) is 0 Å². The van der Waals surface area contributed by atoms with E-state index in [-0.39, 0.29) is 20.9 Å². The molecule has 9 rings (SSSR count). The van der Waals surface area contributed by atoms with Crippen LogP contribution in [0.2, 0.25) is 0 Å². The van der Waals surface area contributed by atoms with E-state index in [1.54, 1.807) is 73.8 Å². The zero-order chi connectivity index (χ0) is 41.1. The van der Waals surface area contributed by atoms with Gasteiger partial charge in [0.2, 0.25) is 0 Å². The van der Waals surface area contributed by atoms with Crippen LogP contribution in [0.25, 0.3) is 76.5 Å². The van der Waals surface area contributed by atoms with Crippen LogP contribution in [0, 0.1) is 13.8 Å². The standard InChI is InChI=1S/C47H30F6N4S2/c1-27-39(21-41(58-27)37-17-33(29-7-3-11-54-23-29)15-34(18-37)30-8-4-12-55-24-30)43-44(46(50,51)47(52,53)45(43,48)49)40-22-42(59-28(40)2)38-19-35(31-9-5-13-56-25-31)16-36(20-38)32-10-6-14-57-26-32/h3-26H,1-2H3. The zero-order valence-electron chi connectivity index (χ0n) is 31.2. The molecule has 0 amide bonds. The van der Waals surface area contributed by atoms with Gasteiger partial charge in [0, 0.05) is 102 Å². The maximum absolute atomic E-state index is 16.3. The molecule has 0 aliphatic heterocycles. The number of hydrogen-bond acceptors (Lipinski definition) is 6. The van der Waals surface area contributed by atoms with Gasteiger partial charge < -0.3 is 0 Å². The molecule has 1 aliphatic carbocycles. The Balaban J connectivity index is 1.22. The normalized spacial score (nSPS) is 15.5. The van der Waals surface area contributed by atoms with E-state index in [0.29, 0.717) is 20.9 Å². The van der Waals surface area contributed by atoms with E-state index in [1.165, 1.54) is 26.0 Å². The number of alkyl halides is 6. The topological polar surface area (TPSA) is 51.6 Å². The van der Waals surface area contributed by atoms with Crippen molar-refractivity contribution in [2.75, 3.05) is 0 Å². The van der Waals surface area contributed by atoms with Crippen LogP contribution in [-0.4, -0.2) is 37.7 Å². The first-order valence-electron chi connectivity index (χ1n) is 18.4. The Labute approximate surface area is 343 Å². The summed E-state index contributed by atoms with van der Waals surface area (Å²) in [6, 6.07) is 28.5. The highest BCUT2D eigenvalue weighted by molar-refractivity contribution is 7.16. The average Bonchev–Trinajstić information content (AvgIpc) is 3.87. The van der Waals surface area contributed by atoms with Crippen molar-refractivity contribution >= 4 is 33.8 Å². The van der Waals surface area contributed by atoms with Gasteiger partial charge in [-0.2, -0.15) is 26.3 Å². The van der Waals surface area contributed by atoms with Crippen LogP contribution < -0.4 is 0 Å². The number of aromatic nitrogens is 4. The molecule has 0 unspecified atom stereocenters. The summed E-state index contributed by atoms with van der Waals surface area (Å²) in [5, 5.41) is 0. The summed E-state index contributed by atoms with van der Waals surface area (Å²) in [6.07, 6.45) is 13.3. The van der Waals surface area contributed by atoms with Gasteiger partial charge in [-0.15, -0.1) is 22.7 Å². The second kappa shape index (κ2) is 14.5. The lowest BCUT2D eigenvalue weighted by Gasteiger charge is -2.25. The molecule has 0 atom stereocenters. The fourth-order valence-electron chi connectivity index (χ4n) is 7.52. The van der Waals surface area contributed by atoms with Crippen LogP contribution >= 0.6 is 22.7 Å². The second-order valence-corrected chi connectivity index (χ2v) is 16.7. The van der Waals surface area contributed by atoms with Crippen molar-refractivity contribution in [2.24, 2.45) is 0 Å². The molecule has 0 saturated heterocycles. The van der Waals surface area contributed by atoms with E-state index in [4.69, 9.17) is 0 Å². The summed E-state index contributed by atoms with van der Waals surface area (Å²) in [6.45, 7) is 2.98. The second-order valence-electron chi connectivity index (χ2n) is 14.2. The van der Waals surface area contributed by atoms with Crippen LogP contribution in [0.5, 0.6) is 0 Å². The molecule has 6 aromatic heterocycles. The smallest absolute Gasteiger partial charge is 0.264 e. The number of nitrogens with zero attached hydrogens (tertiary/aromatic N) is 4. The fraction of sp³-hybridized carbons (Fsp3) is 0.106. The van der Waals surface area contributed by atoms with Gasteiger partial charge in [0.05, 0.1) is 0 Å². The summed E-state index contributed by atoms with van der Waals surface area (Å²) in [7, 11) is 0. The zero-order valence-corrected chi connectivity index (χ0v) is 32.9. The molecule has 4 nitrogen and oxygen atoms in total. The molecular formula is C47H30F6N4S2. The van der Waals surface area contributed by atoms with Gasteiger partial charge in [0.25, 0.3) is 0 Å². The van der Waals surface area contributed by atoms with Crippen LogP contribution in [0.3, 0.4) is 0 Å². The van der Waals surface area contributed by atoms with Gasteiger partial charge in [-0.25, -0.2) is 0 Å². The van der Waals surface area contributed by atoms with Crippen LogP contribution in [-0.2, 0) is 0 Å². The molecule has 0 bridgehead atoms. The third kappa shape index (κ3) is 6.56. The quantitative estimate of drug-likeness (QED) is 0.143. The molecule has 59 heavy (non-hydrogen) atoms. The van der Waals surface area contributed by atoms with Crippen molar-refractivity contribution in [1.29, 1.82) is 0 Å². The highest BCUT2D eigenvalue weighted by Crippen LogP contribution is 2.66. The van der Waals surface area contributed by atoms with Crippen LogP contribution in [0.4, 0.5) is 26.3 Å². The van der Waals surface area contributed by atoms with Crippen molar-refractivity contribution < 1.29 is 26.3 Å². The van der Waals surface area contributed by atoms with Gasteiger partial charge >= 0.3 is 17.8 Å². The number of hydrogen-bond donors (Lipinski definition) is 0. The largest absolute Gasteiger partial charge is 0.380 e. The lowest BCUT2D eigenvalue weighted by molar-refractivity contribution is -0.254. The highest BCUT2D eigenvalue weighted by atomic mass is 32.1. The van der Waals surface area contributed by atoms with E-state index in [9.17, 15) is 0 Å². The predicted octanol–water partition coefficient (Wildman–Crippen LogP) is 13.8. The lowest BCUT2D eigenvalue weighted by atomic mass is 9.93. The third-order valence-electron chi connectivity index (χ3n) is 10.5. The molecular weight excluding hydrogens is 799 g/mol. The minimum atomic E-state index is -5.71. The number of allylic oxidation sites excluding steroid dienone is 2. The monoisotopic (exact) mass is 828 g/mol. The van der Waals surface area contributed by atoms with Crippen molar-refractivity contribution in [1.82, 2.24) is 19.9 Å². The molecule has 292 valence electrons. The van der Waals surface area contributed by atoms with Gasteiger partial charge in [-0.1, -0.05) is 24.3 Å². The van der Waals surface area contributed by atoms with Gasteiger partial charge in [0.15, 0.2) is 0 Å². The molecule has 8 aromatic rings. The fourth-order valence-corrected chi connectivity index (χ4v) is 9.54. The van der Waals surface area contributed by atoms with E-state index < -0.39 is 28.9 Å². The molecule has 6 heterocycles. The molecule has 12 heteroatoms. The van der Waals surface area contributed by atoms with Crippen molar-refractivity contribution in [3.8, 4) is 65.4 Å². The van der Waals surface area contributed by atoms with Crippen LogP contribution in [0.1, 0.15) is 20.9 Å². The van der Waals surface area contributed by atoms with Crippen LogP contribution in [0.15, 0.2) is 147 Å². The summed E-state index contributed by atoms with van der Waals surface area (Å²) in [5.41, 5.74) is 3.83. The van der Waals surface area contributed by atoms with Crippen molar-refractivity contribution in [3.05, 3.63) is 168 Å². The molecule has 2 aromatic carbocycles. The number of thiophene rings is 2. The average molecular weight is 829 g/mol. The lowest BCUT2D eigenvalue weighted by Crippen LogP contribution is -2.48. The van der Waals surface area contributed by atoms with Gasteiger partial charge in [-0.05, 0) is 131 Å².